The van der Waals surface area contributed by atoms with Gasteiger partial charge in [-0.15, -0.1) is 0 Å². The van der Waals surface area contributed by atoms with Gasteiger partial charge in [0.25, 0.3) is 0 Å². The molecule has 0 saturated carbocycles. The Balaban J connectivity index is 2.24. The predicted octanol–water partition coefficient (Wildman–Crippen LogP) is 1.93. The van der Waals surface area contributed by atoms with Crippen LogP contribution < -0.4 is 10.6 Å². The van der Waals surface area contributed by atoms with Gasteiger partial charge in [-0.2, -0.15) is 0 Å². The molecule has 3 heteroatoms. The molecule has 0 spiro atoms. The van der Waals surface area contributed by atoms with Crippen molar-refractivity contribution in [3.63, 3.8) is 0 Å². The van der Waals surface area contributed by atoms with Crippen LogP contribution in [0.5, 0.6) is 0 Å². The van der Waals surface area contributed by atoms with Gasteiger partial charge in [0, 0.05) is 19.5 Å². The standard InChI is InChI=1S/C13H26N2O/c1-4-11(2)8-12(16)15-10-13(3)6-5-7-14-9-13/h11,14H,4-10H2,1-3H3,(H,15,16). The maximum Gasteiger partial charge on any atom is 0.220 e. The molecule has 1 aliphatic rings. The summed E-state index contributed by atoms with van der Waals surface area (Å²) in [5.74, 6) is 0.707. The number of piperidine rings is 1. The SMILES string of the molecule is CCC(C)CC(=O)NCC1(C)CCCNC1. The molecular formula is C13H26N2O. The molecule has 94 valence electrons. The van der Waals surface area contributed by atoms with E-state index in [1.807, 2.05) is 0 Å². The van der Waals surface area contributed by atoms with Crippen molar-refractivity contribution in [2.75, 3.05) is 19.6 Å². The van der Waals surface area contributed by atoms with Crippen molar-refractivity contribution >= 4 is 5.91 Å². The van der Waals surface area contributed by atoms with Gasteiger partial charge in [0.15, 0.2) is 0 Å². The first-order chi connectivity index (χ1) is 7.56. The largest absolute Gasteiger partial charge is 0.356 e. The van der Waals surface area contributed by atoms with Gasteiger partial charge in [0.2, 0.25) is 5.91 Å². The van der Waals surface area contributed by atoms with E-state index in [9.17, 15) is 4.79 Å². The number of hydrogen-bond acceptors (Lipinski definition) is 2. The fourth-order valence-electron chi connectivity index (χ4n) is 2.11. The van der Waals surface area contributed by atoms with Crippen LogP contribution in [0, 0.1) is 11.3 Å². The van der Waals surface area contributed by atoms with Crippen molar-refractivity contribution in [2.24, 2.45) is 11.3 Å². The molecule has 2 N–H and O–H groups in total. The minimum Gasteiger partial charge on any atom is -0.356 e. The summed E-state index contributed by atoms with van der Waals surface area (Å²) in [4.78, 5) is 11.7. The van der Waals surface area contributed by atoms with E-state index in [2.05, 4.69) is 31.4 Å². The summed E-state index contributed by atoms with van der Waals surface area (Å²) in [6.45, 7) is 9.47. The molecule has 1 rings (SSSR count). The lowest BCUT2D eigenvalue weighted by atomic mass is 9.83. The number of nitrogens with one attached hydrogen (secondary N) is 2. The van der Waals surface area contributed by atoms with Gasteiger partial charge in [0.1, 0.15) is 0 Å². The Bertz CT molecular complexity index is 222. The average molecular weight is 226 g/mol. The molecule has 1 saturated heterocycles. The molecule has 1 heterocycles. The van der Waals surface area contributed by atoms with Gasteiger partial charge in [0.05, 0.1) is 0 Å². The summed E-state index contributed by atoms with van der Waals surface area (Å²) in [5, 5.41) is 6.48. The van der Waals surface area contributed by atoms with E-state index in [1.165, 1.54) is 12.8 Å². The Morgan fingerprint density at radius 1 is 1.56 bits per heavy atom. The van der Waals surface area contributed by atoms with E-state index in [0.717, 1.165) is 26.1 Å². The quantitative estimate of drug-likeness (QED) is 0.752. The fraction of sp³-hybridized carbons (Fsp3) is 0.923. The molecule has 1 aliphatic heterocycles. The van der Waals surface area contributed by atoms with E-state index in [-0.39, 0.29) is 11.3 Å². The normalized spacial score (nSPS) is 27.4. The van der Waals surface area contributed by atoms with Crippen LogP contribution in [0.1, 0.15) is 46.5 Å². The second-order valence-electron chi connectivity index (χ2n) is 5.59. The summed E-state index contributed by atoms with van der Waals surface area (Å²) >= 11 is 0. The molecular weight excluding hydrogens is 200 g/mol. The zero-order chi connectivity index (χ0) is 12.0. The van der Waals surface area contributed by atoms with Crippen molar-refractivity contribution in [3.8, 4) is 0 Å². The third-order valence-corrected chi connectivity index (χ3v) is 3.63. The van der Waals surface area contributed by atoms with Crippen molar-refractivity contribution in [1.82, 2.24) is 10.6 Å². The van der Waals surface area contributed by atoms with Crippen molar-refractivity contribution in [1.29, 1.82) is 0 Å². The van der Waals surface area contributed by atoms with Crippen LogP contribution >= 0.6 is 0 Å². The summed E-state index contributed by atoms with van der Waals surface area (Å²) in [6.07, 6.45) is 4.17. The third kappa shape index (κ3) is 4.52. The number of carbonyl (C=O) groups excluding carboxylic acids is 1. The Hall–Kier alpha value is -0.570. The van der Waals surface area contributed by atoms with Crippen LogP contribution in [0.15, 0.2) is 0 Å². The maximum atomic E-state index is 11.7. The van der Waals surface area contributed by atoms with Crippen LogP contribution in [0.2, 0.25) is 0 Å². The molecule has 0 radical (unpaired) electrons. The first-order valence-corrected chi connectivity index (χ1v) is 6.53. The first kappa shape index (κ1) is 13.5. The highest BCUT2D eigenvalue weighted by molar-refractivity contribution is 5.76. The van der Waals surface area contributed by atoms with E-state index >= 15 is 0 Å². The third-order valence-electron chi connectivity index (χ3n) is 3.63. The van der Waals surface area contributed by atoms with Gasteiger partial charge in [-0.1, -0.05) is 27.2 Å². The number of hydrogen-bond donors (Lipinski definition) is 2. The number of carbonyl (C=O) groups is 1. The number of amides is 1. The molecule has 0 aromatic rings. The van der Waals surface area contributed by atoms with Crippen LogP contribution in [0.3, 0.4) is 0 Å². The highest BCUT2D eigenvalue weighted by atomic mass is 16.1. The van der Waals surface area contributed by atoms with Gasteiger partial charge < -0.3 is 10.6 Å². The van der Waals surface area contributed by atoms with Gasteiger partial charge in [-0.05, 0) is 30.7 Å². The summed E-state index contributed by atoms with van der Waals surface area (Å²) in [5.41, 5.74) is 0.253. The van der Waals surface area contributed by atoms with Crippen LogP contribution in [0.4, 0.5) is 0 Å². The van der Waals surface area contributed by atoms with E-state index < -0.39 is 0 Å². The lowest BCUT2D eigenvalue weighted by molar-refractivity contribution is -0.122. The topological polar surface area (TPSA) is 41.1 Å². The predicted molar refractivity (Wildman–Crippen MR) is 67.3 cm³/mol. The van der Waals surface area contributed by atoms with E-state index in [1.54, 1.807) is 0 Å². The zero-order valence-corrected chi connectivity index (χ0v) is 10.9. The van der Waals surface area contributed by atoms with Gasteiger partial charge >= 0.3 is 0 Å². The van der Waals surface area contributed by atoms with Crippen LogP contribution in [-0.4, -0.2) is 25.5 Å². The molecule has 0 bridgehead atoms. The summed E-state index contributed by atoms with van der Waals surface area (Å²) < 4.78 is 0. The van der Waals surface area contributed by atoms with Crippen LogP contribution in [0.25, 0.3) is 0 Å². The first-order valence-electron chi connectivity index (χ1n) is 6.53. The zero-order valence-electron chi connectivity index (χ0n) is 10.9. The molecule has 0 aromatic heterocycles. The Labute approximate surface area is 99.4 Å². The number of rotatable bonds is 5. The molecule has 1 amide bonds. The van der Waals surface area contributed by atoms with Gasteiger partial charge in [-0.3, -0.25) is 4.79 Å². The van der Waals surface area contributed by atoms with Crippen molar-refractivity contribution in [2.45, 2.75) is 46.5 Å². The molecule has 3 nitrogen and oxygen atoms in total. The molecule has 16 heavy (non-hydrogen) atoms. The Morgan fingerprint density at radius 2 is 2.31 bits per heavy atom. The van der Waals surface area contributed by atoms with E-state index in [4.69, 9.17) is 0 Å². The minimum atomic E-state index is 0.209. The van der Waals surface area contributed by atoms with Crippen LogP contribution in [-0.2, 0) is 4.79 Å². The smallest absolute Gasteiger partial charge is 0.220 e. The summed E-state index contributed by atoms with van der Waals surface area (Å²) in [6, 6.07) is 0. The fourth-order valence-corrected chi connectivity index (χ4v) is 2.11. The van der Waals surface area contributed by atoms with Crippen molar-refractivity contribution in [3.05, 3.63) is 0 Å². The second kappa shape index (κ2) is 6.24. The Kier molecular flexibility index (Phi) is 5.26. The minimum absolute atomic E-state index is 0.209. The molecule has 1 fully saturated rings. The molecule has 0 aliphatic carbocycles. The average Bonchev–Trinajstić information content (AvgIpc) is 2.27. The lowest BCUT2D eigenvalue weighted by Crippen LogP contribution is -2.45. The van der Waals surface area contributed by atoms with Gasteiger partial charge in [-0.25, -0.2) is 0 Å². The molecule has 2 atom stereocenters. The lowest BCUT2D eigenvalue weighted by Gasteiger charge is -2.34. The highest BCUT2D eigenvalue weighted by Crippen LogP contribution is 2.24. The van der Waals surface area contributed by atoms with Crippen molar-refractivity contribution < 1.29 is 4.79 Å². The second-order valence-corrected chi connectivity index (χ2v) is 5.59. The highest BCUT2D eigenvalue weighted by Gasteiger charge is 2.26. The monoisotopic (exact) mass is 226 g/mol. The molecule has 0 aromatic carbocycles. The summed E-state index contributed by atoms with van der Waals surface area (Å²) in [7, 11) is 0. The maximum absolute atomic E-state index is 11.7. The molecule has 2 unspecified atom stereocenters. The van der Waals surface area contributed by atoms with E-state index in [0.29, 0.717) is 12.3 Å². The Morgan fingerprint density at radius 3 is 2.88 bits per heavy atom.